The second-order valence-corrected chi connectivity index (χ2v) is 2.88. The second-order valence-electron chi connectivity index (χ2n) is 2.88. The molecule has 2 amide bonds. The maximum Gasteiger partial charge on any atom is 0.243 e. The van der Waals surface area contributed by atoms with Gasteiger partial charge in [-0.1, -0.05) is 0 Å². The standard InChI is InChI=1S/C7H12N2O3/c1-5(10)8(2)9-4-6(11)3-7(9)12/h6,11H,3-4H2,1-2H3. The molecule has 1 unspecified atom stereocenters. The number of aliphatic hydroxyl groups is 1. The average molecular weight is 172 g/mol. The van der Waals surface area contributed by atoms with Gasteiger partial charge in [-0.05, 0) is 0 Å². The molecule has 1 saturated heterocycles. The van der Waals surface area contributed by atoms with Crippen molar-refractivity contribution in [2.75, 3.05) is 13.6 Å². The van der Waals surface area contributed by atoms with E-state index < -0.39 is 6.10 Å². The lowest BCUT2D eigenvalue weighted by Gasteiger charge is -2.26. The van der Waals surface area contributed by atoms with E-state index in [1.54, 1.807) is 0 Å². The molecule has 0 aromatic heterocycles. The largest absolute Gasteiger partial charge is 0.391 e. The van der Waals surface area contributed by atoms with Crippen LogP contribution in [0, 0.1) is 0 Å². The second kappa shape index (κ2) is 3.10. The van der Waals surface area contributed by atoms with Gasteiger partial charge in [0.1, 0.15) is 0 Å². The van der Waals surface area contributed by atoms with Crippen molar-refractivity contribution in [3.05, 3.63) is 0 Å². The summed E-state index contributed by atoms with van der Waals surface area (Å²) in [6, 6.07) is 0. The molecule has 1 heterocycles. The van der Waals surface area contributed by atoms with Gasteiger partial charge in [-0.15, -0.1) is 0 Å². The van der Waals surface area contributed by atoms with Gasteiger partial charge in [0.2, 0.25) is 11.8 Å². The molecule has 1 N–H and O–H groups in total. The number of hydrogen-bond donors (Lipinski definition) is 1. The maximum atomic E-state index is 11.1. The van der Waals surface area contributed by atoms with E-state index in [-0.39, 0.29) is 24.8 Å². The molecule has 5 nitrogen and oxygen atoms in total. The normalized spacial score (nSPS) is 23.1. The molecule has 1 aliphatic heterocycles. The Morgan fingerprint density at radius 1 is 1.75 bits per heavy atom. The van der Waals surface area contributed by atoms with Crippen molar-refractivity contribution in [2.24, 2.45) is 0 Å². The smallest absolute Gasteiger partial charge is 0.243 e. The van der Waals surface area contributed by atoms with Gasteiger partial charge in [0.25, 0.3) is 0 Å². The van der Waals surface area contributed by atoms with Gasteiger partial charge in [0.15, 0.2) is 0 Å². The van der Waals surface area contributed by atoms with Crippen LogP contribution in [-0.2, 0) is 9.59 Å². The molecule has 0 bridgehead atoms. The average Bonchev–Trinajstić information content (AvgIpc) is 2.28. The summed E-state index contributed by atoms with van der Waals surface area (Å²) >= 11 is 0. The van der Waals surface area contributed by atoms with Crippen LogP contribution in [0.1, 0.15) is 13.3 Å². The molecule has 5 heteroatoms. The van der Waals surface area contributed by atoms with Crippen molar-refractivity contribution in [1.82, 2.24) is 10.0 Å². The Bertz CT molecular complexity index is 217. The fourth-order valence-corrected chi connectivity index (χ4v) is 1.13. The van der Waals surface area contributed by atoms with Crippen LogP contribution in [0.3, 0.4) is 0 Å². The Morgan fingerprint density at radius 3 is 2.67 bits per heavy atom. The zero-order chi connectivity index (χ0) is 9.30. The number of carbonyl (C=O) groups excluding carboxylic acids is 2. The van der Waals surface area contributed by atoms with Crippen molar-refractivity contribution in [3.63, 3.8) is 0 Å². The summed E-state index contributed by atoms with van der Waals surface area (Å²) < 4.78 is 0. The van der Waals surface area contributed by atoms with Crippen LogP contribution in [0.15, 0.2) is 0 Å². The SMILES string of the molecule is CC(=O)N(C)N1CC(O)CC1=O. The first-order valence-electron chi connectivity index (χ1n) is 3.75. The van der Waals surface area contributed by atoms with Crippen LogP contribution in [0.5, 0.6) is 0 Å². The van der Waals surface area contributed by atoms with Crippen LogP contribution >= 0.6 is 0 Å². The van der Waals surface area contributed by atoms with E-state index in [1.807, 2.05) is 0 Å². The topological polar surface area (TPSA) is 60.9 Å². The number of aliphatic hydroxyl groups excluding tert-OH is 1. The van der Waals surface area contributed by atoms with Crippen molar-refractivity contribution in [1.29, 1.82) is 0 Å². The molecule has 1 fully saturated rings. The minimum atomic E-state index is -0.640. The Hall–Kier alpha value is -1.10. The highest BCUT2D eigenvalue weighted by molar-refractivity contribution is 5.82. The number of hydrogen-bond acceptors (Lipinski definition) is 3. The first kappa shape index (κ1) is 8.99. The molecule has 0 aliphatic carbocycles. The minimum Gasteiger partial charge on any atom is -0.391 e. The molecule has 0 aromatic rings. The van der Waals surface area contributed by atoms with E-state index in [0.717, 1.165) is 0 Å². The van der Waals surface area contributed by atoms with Crippen molar-refractivity contribution >= 4 is 11.8 Å². The van der Waals surface area contributed by atoms with Crippen LogP contribution in [0.4, 0.5) is 0 Å². The number of nitrogens with zero attached hydrogens (tertiary/aromatic N) is 2. The molecule has 0 saturated carbocycles. The first-order valence-corrected chi connectivity index (χ1v) is 3.75. The Labute approximate surface area is 70.5 Å². The third-order valence-electron chi connectivity index (χ3n) is 1.90. The summed E-state index contributed by atoms with van der Waals surface area (Å²) in [5, 5.41) is 11.6. The number of β-amino-alcohol motifs (C(OH)–C–C–N with tert-alkyl or cyclic N) is 1. The number of hydrazine groups is 1. The van der Waals surface area contributed by atoms with Gasteiger partial charge in [-0.3, -0.25) is 14.6 Å². The van der Waals surface area contributed by atoms with E-state index in [0.29, 0.717) is 0 Å². The van der Waals surface area contributed by atoms with Crippen LogP contribution in [-0.4, -0.2) is 46.6 Å². The monoisotopic (exact) mass is 172 g/mol. The number of amides is 2. The molecule has 1 rings (SSSR count). The number of rotatable bonds is 1. The van der Waals surface area contributed by atoms with E-state index in [1.165, 1.54) is 24.0 Å². The van der Waals surface area contributed by atoms with Crippen LogP contribution < -0.4 is 0 Å². The predicted octanol–water partition coefficient (Wildman–Crippen LogP) is -1.03. The third kappa shape index (κ3) is 1.55. The molecule has 12 heavy (non-hydrogen) atoms. The minimum absolute atomic E-state index is 0.109. The van der Waals surface area contributed by atoms with E-state index in [9.17, 15) is 9.59 Å². The summed E-state index contributed by atoms with van der Waals surface area (Å²) in [7, 11) is 1.51. The Kier molecular flexibility index (Phi) is 2.32. The van der Waals surface area contributed by atoms with Gasteiger partial charge in [-0.25, -0.2) is 5.01 Å². The highest BCUT2D eigenvalue weighted by Crippen LogP contribution is 2.12. The zero-order valence-electron chi connectivity index (χ0n) is 7.15. The lowest BCUT2D eigenvalue weighted by atomic mass is 10.3. The van der Waals surface area contributed by atoms with Crippen LogP contribution in [0.2, 0.25) is 0 Å². The van der Waals surface area contributed by atoms with Gasteiger partial charge in [0, 0.05) is 14.0 Å². The van der Waals surface area contributed by atoms with Crippen molar-refractivity contribution in [3.8, 4) is 0 Å². The van der Waals surface area contributed by atoms with Crippen molar-refractivity contribution < 1.29 is 14.7 Å². The molecule has 1 atom stereocenters. The van der Waals surface area contributed by atoms with Crippen LogP contribution in [0.25, 0.3) is 0 Å². The van der Waals surface area contributed by atoms with Gasteiger partial charge < -0.3 is 5.11 Å². The molecule has 1 aliphatic rings. The summed E-state index contributed by atoms with van der Waals surface area (Å²) in [4.78, 5) is 21.9. The van der Waals surface area contributed by atoms with E-state index >= 15 is 0 Å². The highest BCUT2D eigenvalue weighted by Gasteiger charge is 2.31. The maximum absolute atomic E-state index is 11.1. The molecular formula is C7H12N2O3. The fraction of sp³-hybridized carbons (Fsp3) is 0.714. The molecule has 0 aromatic carbocycles. The zero-order valence-corrected chi connectivity index (χ0v) is 7.15. The molecule has 0 radical (unpaired) electrons. The molecular weight excluding hydrogens is 160 g/mol. The first-order chi connectivity index (χ1) is 5.52. The number of carbonyl (C=O) groups is 2. The highest BCUT2D eigenvalue weighted by atomic mass is 16.3. The van der Waals surface area contributed by atoms with Gasteiger partial charge in [-0.2, -0.15) is 0 Å². The summed E-state index contributed by atoms with van der Waals surface area (Å²) in [6.45, 7) is 1.59. The quantitative estimate of drug-likeness (QED) is 0.550. The lowest BCUT2D eigenvalue weighted by Crippen LogP contribution is -2.43. The predicted molar refractivity (Wildman–Crippen MR) is 40.8 cm³/mol. The summed E-state index contributed by atoms with van der Waals surface area (Å²) in [6.07, 6.45) is -0.531. The lowest BCUT2D eigenvalue weighted by molar-refractivity contribution is -0.155. The van der Waals surface area contributed by atoms with E-state index in [2.05, 4.69) is 0 Å². The van der Waals surface area contributed by atoms with Crippen molar-refractivity contribution in [2.45, 2.75) is 19.4 Å². The van der Waals surface area contributed by atoms with Gasteiger partial charge in [0.05, 0.1) is 19.1 Å². The van der Waals surface area contributed by atoms with Gasteiger partial charge >= 0.3 is 0 Å². The Morgan fingerprint density at radius 2 is 2.33 bits per heavy atom. The third-order valence-corrected chi connectivity index (χ3v) is 1.90. The summed E-state index contributed by atoms with van der Waals surface area (Å²) in [5.74, 6) is -0.419. The fourth-order valence-electron chi connectivity index (χ4n) is 1.13. The molecule has 68 valence electrons. The van der Waals surface area contributed by atoms with E-state index in [4.69, 9.17) is 5.11 Å². The summed E-state index contributed by atoms with van der Waals surface area (Å²) in [5.41, 5.74) is 0. The molecule has 0 spiro atoms. The Balaban J connectivity index is 2.64.